The van der Waals surface area contributed by atoms with E-state index in [0.717, 1.165) is 18.7 Å². The summed E-state index contributed by atoms with van der Waals surface area (Å²) in [6.07, 6.45) is 2.88. The summed E-state index contributed by atoms with van der Waals surface area (Å²) in [5.74, 6) is 1.72. The van der Waals surface area contributed by atoms with E-state index >= 15 is 0 Å². The summed E-state index contributed by atoms with van der Waals surface area (Å²) in [5, 5.41) is 18.7. The van der Waals surface area contributed by atoms with Gasteiger partial charge in [0.05, 0.1) is 12.6 Å². The van der Waals surface area contributed by atoms with Crippen LogP contribution >= 0.6 is 0 Å². The molecule has 2 atom stereocenters. The van der Waals surface area contributed by atoms with Crippen molar-refractivity contribution in [2.45, 2.75) is 58.0 Å². The van der Waals surface area contributed by atoms with Gasteiger partial charge in [-0.2, -0.15) is 4.98 Å². The van der Waals surface area contributed by atoms with Crippen molar-refractivity contribution in [3.63, 3.8) is 0 Å². The van der Waals surface area contributed by atoms with Crippen LogP contribution in [-0.2, 0) is 0 Å². The zero-order chi connectivity index (χ0) is 15.4. The van der Waals surface area contributed by atoms with Gasteiger partial charge in [0, 0.05) is 5.92 Å². The van der Waals surface area contributed by atoms with E-state index in [0.29, 0.717) is 18.2 Å². The highest BCUT2D eigenvalue weighted by molar-refractivity contribution is 5.74. The molecule has 0 radical (unpaired) electrons. The maximum Gasteiger partial charge on any atom is 0.315 e. The molecule has 0 aliphatic heterocycles. The quantitative estimate of drug-likeness (QED) is 0.711. The number of hydrogen-bond donors (Lipinski definition) is 3. The van der Waals surface area contributed by atoms with Crippen molar-refractivity contribution in [3.05, 3.63) is 11.7 Å². The van der Waals surface area contributed by atoms with E-state index in [1.165, 1.54) is 0 Å². The minimum absolute atomic E-state index is 0.0807. The second-order valence-corrected chi connectivity index (χ2v) is 5.89. The summed E-state index contributed by atoms with van der Waals surface area (Å²) in [7, 11) is 0. The number of hydrogen-bond acceptors (Lipinski definition) is 5. The van der Waals surface area contributed by atoms with Crippen LogP contribution in [0, 0.1) is 5.92 Å². The molecule has 0 saturated heterocycles. The Bertz CT molecular complexity index is 467. The van der Waals surface area contributed by atoms with Gasteiger partial charge in [-0.1, -0.05) is 25.9 Å². The third-order valence-corrected chi connectivity index (χ3v) is 3.67. The molecule has 2 rings (SSSR count). The van der Waals surface area contributed by atoms with E-state index in [2.05, 4.69) is 20.8 Å². The summed E-state index contributed by atoms with van der Waals surface area (Å²) in [6, 6.07) is -0.913. The lowest BCUT2D eigenvalue weighted by molar-refractivity contribution is 0.204. The first kappa shape index (κ1) is 15.8. The fourth-order valence-corrected chi connectivity index (χ4v) is 2.04. The van der Waals surface area contributed by atoms with E-state index in [1.807, 2.05) is 20.8 Å². The molecule has 7 nitrogen and oxygen atoms in total. The van der Waals surface area contributed by atoms with Gasteiger partial charge in [0.1, 0.15) is 6.04 Å². The van der Waals surface area contributed by atoms with Gasteiger partial charge in [-0.15, -0.1) is 0 Å². The molecule has 3 N–H and O–H groups in total. The molecule has 1 heterocycles. The second kappa shape index (κ2) is 6.89. The van der Waals surface area contributed by atoms with Crippen LogP contribution in [0.1, 0.15) is 63.7 Å². The first-order valence-corrected chi connectivity index (χ1v) is 7.56. The molecule has 1 aliphatic rings. The van der Waals surface area contributed by atoms with Gasteiger partial charge in [0.15, 0.2) is 5.82 Å². The molecule has 0 bridgehead atoms. The molecule has 118 valence electrons. The molecular weight excluding hydrogens is 272 g/mol. The Labute approximate surface area is 124 Å². The molecule has 0 spiro atoms. The molecular formula is C14H24N4O3. The van der Waals surface area contributed by atoms with E-state index < -0.39 is 0 Å². The Hall–Kier alpha value is -1.63. The molecule has 7 heteroatoms. The van der Waals surface area contributed by atoms with Crippen molar-refractivity contribution in [2.75, 3.05) is 6.61 Å². The third-order valence-electron chi connectivity index (χ3n) is 3.67. The van der Waals surface area contributed by atoms with Crippen molar-refractivity contribution in [3.8, 4) is 0 Å². The highest BCUT2D eigenvalue weighted by Gasteiger charge is 2.31. The minimum atomic E-state index is -0.333. The van der Waals surface area contributed by atoms with Gasteiger partial charge in [-0.05, 0) is 25.2 Å². The van der Waals surface area contributed by atoms with Crippen LogP contribution < -0.4 is 10.6 Å². The van der Waals surface area contributed by atoms with Gasteiger partial charge < -0.3 is 20.3 Å². The average molecular weight is 296 g/mol. The zero-order valence-electron chi connectivity index (χ0n) is 12.8. The summed E-state index contributed by atoms with van der Waals surface area (Å²) in [6.45, 7) is 5.79. The van der Waals surface area contributed by atoms with Gasteiger partial charge in [-0.25, -0.2) is 4.79 Å². The predicted molar refractivity (Wildman–Crippen MR) is 76.7 cm³/mol. The summed E-state index contributed by atoms with van der Waals surface area (Å²) in [4.78, 5) is 16.4. The number of aliphatic hydroxyl groups excluding tert-OH is 1. The molecule has 0 aromatic carbocycles. The Kier molecular flexibility index (Phi) is 5.17. The SMILES string of the molecule is CCC(CO)NC(=O)NC(c1nc(C2CC2)no1)C(C)C. The lowest BCUT2D eigenvalue weighted by atomic mass is 10.0. The van der Waals surface area contributed by atoms with Crippen molar-refractivity contribution in [1.29, 1.82) is 0 Å². The normalized spacial score (nSPS) is 17.6. The van der Waals surface area contributed by atoms with E-state index in [1.54, 1.807) is 0 Å². The van der Waals surface area contributed by atoms with Crippen molar-refractivity contribution in [2.24, 2.45) is 5.92 Å². The number of carbonyl (C=O) groups is 1. The third kappa shape index (κ3) is 4.17. The van der Waals surface area contributed by atoms with Crippen LogP contribution in [0.4, 0.5) is 4.79 Å². The molecule has 1 aromatic rings. The summed E-state index contributed by atoms with van der Waals surface area (Å²) >= 11 is 0. The Balaban J connectivity index is 1.99. The second-order valence-electron chi connectivity index (χ2n) is 5.89. The molecule has 21 heavy (non-hydrogen) atoms. The number of aromatic nitrogens is 2. The van der Waals surface area contributed by atoms with E-state index in [9.17, 15) is 4.79 Å². The molecule has 1 saturated carbocycles. The van der Waals surface area contributed by atoms with Gasteiger partial charge >= 0.3 is 6.03 Å². The smallest absolute Gasteiger partial charge is 0.315 e. The molecule has 1 fully saturated rings. The topological polar surface area (TPSA) is 100 Å². The number of carbonyl (C=O) groups excluding carboxylic acids is 1. The summed E-state index contributed by atoms with van der Waals surface area (Å²) in [5.41, 5.74) is 0. The molecule has 1 aromatic heterocycles. The van der Waals surface area contributed by atoms with Crippen LogP contribution in [0.2, 0.25) is 0 Å². The number of aliphatic hydroxyl groups is 1. The van der Waals surface area contributed by atoms with E-state index in [4.69, 9.17) is 9.63 Å². The van der Waals surface area contributed by atoms with Crippen molar-refractivity contribution >= 4 is 6.03 Å². The lowest BCUT2D eigenvalue weighted by Gasteiger charge is -2.21. The minimum Gasteiger partial charge on any atom is -0.394 e. The van der Waals surface area contributed by atoms with Crippen LogP contribution in [-0.4, -0.2) is 33.9 Å². The average Bonchev–Trinajstić information content (AvgIpc) is 3.20. The Morgan fingerprint density at radius 2 is 2.14 bits per heavy atom. The first-order valence-electron chi connectivity index (χ1n) is 7.56. The predicted octanol–water partition coefficient (Wildman–Crippen LogP) is 1.71. The summed E-state index contributed by atoms with van der Waals surface area (Å²) < 4.78 is 5.29. The van der Waals surface area contributed by atoms with Crippen molar-refractivity contribution < 1.29 is 14.4 Å². The standard InChI is InChI=1S/C14H24N4O3/c1-4-10(7-19)15-14(20)16-11(8(2)3)13-17-12(18-21-13)9-5-6-9/h8-11,19H,4-7H2,1-3H3,(H2,15,16,20). The monoisotopic (exact) mass is 296 g/mol. The van der Waals surface area contributed by atoms with Crippen LogP contribution in [0.5, 0.6) is 0 Å². The number of nitrogens with zero attached hydrogens (tertiary/aromatic N) is 2. The largest absolute Gasteiger partial charge is 0.394 e. The highest BCUT2D eigenvalue weighted by atomic mass is 16.5. The number of urea groups is 1. The van der Waals surface area contributed by atoms with Crippen LogP contribution in [0.15, 0.2) is 4.52 Å². The maximum atomic E-state index is 12.0. The fourth-order valence-electron chi connectivity index (χ4n) is 2.04. The van der Waals surface area contributed by atoms with Gasteiger partial charge in [0.25, 0.3) is 0 Å². The molecule has 2 unspecified atom stereocenters. The maximum absolute atomic E-state index is 12.0. The van der Waals surface area contributed by atoms with Crippen LogP contribution in [0.25, 0.3) is 0 Å². The van der Waals surface area contributed by atoms with Gasteiger partial charge in [-0.3, -0.25) is 0 Å². The Morgan fingerprint density at radius 3 is 2.67 bits per heavy atom. The van der Waals surface area contributed by atoms with Crippen molar-refractivity contribution in [1.82, 2.24) is 20.8 Å². The number of amides is 2. The van der Waals surface area contributed by atoms with Crippen LogP contribution in [0.3, 0.4) is 0 Å². The highest BCUT2D eigenvalue weighted by Crippen LogP contribution is 2.38. The zero-order valence-corrected chi connectivity index (χ0v) is 12.8. The number of nitrogens with one attached hydrogen (secondary N) is 2. The van der Waals surface area contributed by atoms with E-state index in [-0.39, 0.29) is 30.6 Å². The van der Waals surface area contributed by atoms with Gasteiger partial charge in [0.2, 0.25) is 5.89 Å². The first-order chi connectivity index (χ1) is 10.0. The molecule has 2 amide bonds. The molecule has 1 aliphatic carbocycles. The number of rotatable bonds is 7. The fraction of sp³-hybridized carbons (Fsp3) is 0.786. The lowest BCUT2D eigenvalue weighted by Crippen LogP contribution is -2.45. The Morgan fingerprint density at radius 1 is 1.43 bits per heavy atom.